The standard InChI is InChI=1S/C9H17NO4/c1-9(2,8(13)14)6(7(11)12)10(3,4)5/h6H,1-5H3,(H-,11,12,13,14)/p+1. The Morgan fingerprint density at radius 3 is 1.57 bits per heavy atom. The molecule has 0 radical (unpaired) electrons. The van der Waals surface area contributed by atoms with E-state index in [-0.39, 0.29) is 4.48 Å². The Hall–Kier alpha value is -1.10. The molecule has 2 N–H and O–H groups in total. The third-order valence-corrected chi connectivity index (χ3v) is 2.24. The van der Waals surface area contributed by atoms with Crippen LogP contribution in [0.15, 0.2) is 0 Å². The van der Waals surface area contributed by atoms with Gasteiger partial charge in [-0.1, -0.05) is 0 Å². The molecule has 0 bridgehead atoms. The summed E-state index contributed by atoms with van der Waals surface area (Å²) in [6.45, 7) is 2.86. The fraction of sp³-hybridized carbons (Fsp3) is 0.778. The van der Waals surface area contributed by atoms with Gasteiger partial charge in [0.05, 0.1) is 21.1 Å². The van der Waals surface area contributed by atoms with Gasteiger partial charge in [0.25, 0.3) is 0 Å². The van der Waals surface area contributed by atoms with Crippen molar-refractivity contribution < 1.29 is 24.3 Å². The van der Waals surface area contributed by atoms with Gasteiger partial charge < -0.3 is 14.7 Å². The van der Waals surface area contributed by atoms with Crippen LogP contribution < -0.4 is 0 Å². The van der Waals surface area contributed by atoms with Crippen LogP contribution in [0.1, 0.15) is 13.8 Å². The molecule has 1 atom stereocenters. The molecule has 1 unspecified atom stereocenters. The Kier molecular flexibility index (Phi) is 3.29. The van der Waals surface area contributed by atoms with Gasteiger partial charge in [0.1, 0.15) is 5.41 Å². The minimum atomic E-state index is -1.29. The molecule has 0 heterocycles. The van der Waals surface area contributed by atoms with Gasteiger partial charge >= 0.3 is 11.9 Å². The molecule has 0 amide bonds. The second-order valence-electron chi connectivity index (χ2n) is 4.88. The highest BCUT2D eigenvalue weighted by atomic mass is 16.4. The molecule has 0 aliphatic carbocycles. The summed E-state index contributed by atoms with van der Waals surface area (Å²) in [6.07, 6.45) is 0. The molecule has 0 aromatic rings. The summed E-state index contributed by atoms with van der Waals surface area (Å²) >= 11 is 0. The first kappa shape index (κ1) is 12.9. The van der Waals surface area contributed by atoms with Crippen LogP contribution in [0.4, 0.5) is 0 Å². The number of aliphatic carboxylic acids is 2. The molecule has 0 aromatic heterocycles. The van der Waals surface area contributed by atoms with Crippen LogP contribution in [0.5, 0.6) is 0 Å². The van der Waals surface area contributed by atoms with Gasteiger partial charge in [0, 0.05) is 0 Å². The smallest absolute Gasteiger partial charge is 0.363 e. The highest BCUT2D eigenvalue weighted by molar-refractivity contribution is 5.84. The molecule has 5 heteroatoms. The van der Waals surface area contributed by atoms with E-state index in [0.29, 0.717) is 0 Å². The predicted octanol–water partition coefficient (Wildman–Crippen LogP) is 0.257. The summed E-state index contributed by atoms with van der Waals surface area (Å²) in [5.74, 6) is -2.19. The molecule has 0 aromatic carbocycles. The molecule has 0 aliphatic heterocycles. The SMILES string of the molecule is CC(C)(C(=O)O)C(C(=O)O)[N+](C)(C)C. The molecule has 0 saturated carbocycles. The molecule has 0 rings (SSSR count). The summed E-state index contributed by atoms with van der Waals surface area (Å²) < 4.78 is 0.0780. The zero-order chi connectivity index (χ0) is 11.7. The summed E-state index contributed by atoms with van der Waals surface area (Å²) in [5.41, 5.74) is -1.29. The Bertz CT molecular complexity index is 252. The Morgan fingerprint density at radius 2 is 1.50 bits per heavy atom. The van der Waals surface area contributed by atoms with Gasteiger partial charge in [-0.15, -0.1) is 0 Å². The molecule has 0 spiro atoms. The van der Waals surface area contributed by atoms with Crippen molar-refractivity contribution in [3.8, 4) is 0 Å². The van der Waals surface area contributed by atoms with Crippen molar-refractivity contribution in [2.75, 3.05) is 21.1 Å². The molecule has 14 heavy (non-hydrogen) atoms. The largest absolute Gasteiger partial charge is 0.481 e. The first-order valence-electron chi connectivity index (χ1n) is 4.28. The van der Waals surface area contributed by atoms with Gasteiger partial charge in [-0.3, -0.25) is 4.79 Å². The minimum absolute atomic E-state index is 0.0780. The number of nitrogens with zero attached hydrogens (tertiary/aromatic N) is 1. The number of likely N-dealkylation sites (N-methyl/N-ethyl adjacent to an activating group) is 1. The predicted molar refractivity (Wildman–Crippen MR) is 50.9 cm³/mol. The Morgan fingerprint density at radius 1 is 1.14 bits per heavy atom. The normalized spacial score (nSPS) is 14.9. The second kappa shape index (κ2) is 3.57. The maximum atomic E-state index is 11.0. The van der Waals surface area contributed by atoms with E-state index >= 15 is 0 Å². The van der Waals surface area contributed by atoms with Gasteiger partial charge in [-0.2, -0.15) is 0 Å². The van der Waals surface area contributed by atoms with Crippen LogP contribution in [0.2, 0.25) is 0 Å². The monoisotopic (exact) mass is 204 g/mol. The van der Waals surface area contributed by atoms with Crippen LogP contribution in [-0.4, -0.2) is 53.8 Å². The van der Waals surface area contributed by atoms with Gasteiger partial charge in [-0.25, -0.2) is 4.79 Å². The number of hydrogen-bond acceptors (Lipinski definition) is 2. The fourth-order valence-electron chi connectivity index (χ4n) is 1.73. The Balaban J connectivity index is 5.24. The number of quaternary nitrogens is 1. The quantitative estimate of drug-likeness (QED) is 0.644. The topological polar surface area (TPSA) is 74.6 Å². The lowest BCUT2D eigenvalue weighted by Crippen LogP contribution is -2.59. The first-order valence-corrected chi connectivity index (χ1v) is 4.28. The molecule has 82 valence electrons. The first-order chi connectivity index (χ1) is 6.01. The van der Waals surface area contributed by atoms with E-state index in [0.717, 1.165) is 0 Å². The summed E-state index contributed by atoms with van der Waals surface area (Å²) in [4.78, 5) is 22.0. The number of carbonyl (C=O) groups is 2. The van der Waals surface area contributed by atoms with Crippen LogP contribution in [-0.2, 0) is 9.59 Å². The van der Waals surface area contributed by atoms with E-state index in [1.165, 1.54) is 13.8 Å². The van der Waals surface area contributed by atoms with Gasteiger partial charge in [0.15, 0.2) is 0 Å². The van der Waals surface area contributed by atoms with E-state index < -0.39 is 23.4 Å². The number of carboxylic acid groups (broad SMARTS) is 2. The third kappa shape index (κ3) is 2.45. The van der Waals surface area contributed by atoms with Crippen molar-refractivity contribution in [3.05, 3.63) is 0 Å². The van der Waals surface area contributed by atoms with E-state index in [9.17, 15) is 9.59 Å². The van der Waals surface area contributed by atoms with E-state index in [1.807, 2.05) is 0 Å². The average molecular weight is 204 g/mol. The van der Waals surface area contributed by atoms with E-state index in [1.54, 1.807) is 21.1 Å². The summed E-state index contributed by atoms with van der Waals surface area (Å²) in [6, 6.07) is -0.972. The van der Waals surface area contributed by atoms with Crippen molar-refractivity contribution >= 4 is 11.9 Å². The van der Waals surface area contributed by atoms with Gasteiger partial charge in [-0.05, 0) is 13.8 Å². The van der Waals surface area contributed by atoms with Crippen molar-refractivity contribution in [2.24, 2.45) is 5.41 Å². The lowest BCUT2D eigenvalue weighted by molar-refractivity contribution is -0.893. The molecular formula is C9H18NO4+. The molecule has 0 saturated heterocycles. The average Bonchev–Trinajstić information content (AvgIpc) is 1.79. The third-order valence-electron chi connectivity index (χ3n) is 2.24. The minimum Gasteiger partial charge on any atom is -0.481 e. The number of carboxylic acids is 2. The van der Waals surface area contributed by atoms with E-state index in [4.69, 9.17) is 10.2 Å². The number of hydrogen-bond donors (Lipinski definition) is 2. The number of rotatable bonds is 4. The lowest BCUT2D eigenvalue weighted by Gasteiger charge is -2.38. The van der Waals surface area contributed by atoms with Gasteiger partial charge in [0.2, 0.25) is 6.04 Å². The van der Waals surface area contributed by atoms with Crippen molar-refractivity contribution in [2.45, 2.75) is 19.9 Å². The van der Waals surface area contributed by atoms with Crippen LogP contribution in [0.25, 0.3) is 0 Å². The second-order valence-corrected chi connectivity index (χ2v) is 4.88. The molecule has 5 nitrogen and oxygen atoms in total. The maximum Gasteiger partial charge on any atom is 0.363 e. The summed E-state index contributed by atoms with van der Waals surface area (Å²) in [5, 5.41) is 18.0. The highest BCUT2D eigenvalue weighted by Crippen LogP contribution is 2.27. The van der Waals surface area contributed by atoms with E-state index in [2.05, 4.69) is 0 Å². The maximum absolute atomic E-state index is 11.0. The lowest BCUT2D eigenvalue weighted by atomic mass is 9.83. The zero-order valence-electron chi connectivity index (χ0n) is 9.24. The fourth-order valence-corrected chi connectivity index (χ4v) is 1.73. The molecule has 0 fully saturated rings. The van der Waals surface area contributed by atoms with Crippen LogP contribution in [0, 0.1) is 5.41 Å². The molecular weight excluding hydrogens is 186 g/mol. The summed E-state index contributed by atoms with van der Waals surface area (Å²) in [7, 11) is 5.01. The van der Waals surface area contributed by atoms with Crippen molar-refractivity contribution in [3.63, 3.8) is 0 Å². The van der Waals surface area contributed by atoms with Crippen LogP contribution >= 0.6 is 0 Å². The zero-order valence-corrected chi connectivity index (χ0v) is 9.24. The molecule has 0 aliphatic rings. The van der Waals surface area contributed by atoms with Crippen molar-refractivity contribution in [1.82, 2.24) is 0 Å². The van der Waals surface area contributed by atoms with Crippen molar-refractivity contribution in [1.29, 1.82) is 0 Å². The Labute approximate surface area is 83.5 Å². The van der Waals surface area contributed by atoms with Crippen LogP contribution in [0.3, 0.4) is 0 Å². The highest BCUT2D eigenvalue weighted by Gasteiger charge is 2.50.